The topological polar surface area (TPSA) is 158 Å². The number of fused-ring (bicyclic) bond motifs is 1. The smallest absolute Gasteiger partial charge is 0.262 e. The van der Waals surface area contributed by atoms with Gasteiger partial charge in [0.15, 0.2) is 11.4 Å². The highest BCUT2D eigenvalue weighted by Gasteiger charge is 2.22. The van der Waals surface area contributed by atoms with Crippen LogP contribution in [0.2, 0.25) is 0 Å². The van der Waals surface area contributed by atoms with Gasteiger partial charge < -0.3 is 10.5 Å². The lowest BCUT2D eigenvalue weighted by Gasteiger charge is -2.16. The van der Waals surface area contributed by atoms with Crippen LogP contribution in [0.25, 0.3) is 16.8 Å². The first kappa shape index (κ1) is 23.6. The standard InChI is InChI=1S/C22H19FN6O5S/c1-12(30)25-22-26-19-8-3-13(11-29(19)27-22)14-9-17(21(24)31)20(34-2)18(10-14)28-35(32,33)16-6-4-15(23)5-7-16/h3-11,28H,1-2H3,(H2,24,31)(H,25,27,30). The van der Waals surface area contributed by atoms with Gasteiger partial charge in [0, 0.05) is 18.7 Å². The lowest BCUT2D eigenvalue weighted by Crippen LogP contribution is -2.17. The summed E-state index contributed by atoms with van der Waals surface area (Å²) in [5.41, 5.74) is 6.79. The van der Waals surface area contributed by atoms with Crippen molar-refractivity contribution in [1.29, 1.82) is 0 Å². The normalized spacial score (nSPS) is 11.3. The number of nitrogens with two attached hydrogens (primary N) is 1. The number of carbonyl (C=O) groups excluding carboxylic acids is 2. The Morgan fingerprint density at radius 1 is 1.09 bits per heavy atom. The van der Waals surface area contributed by atoms with E-state index in [1.807, 2.05) is 0 Å². The Balaban J connectivity index is 1.82. The lowest BCUT2D eigenvalue weighted by molar-refractivity contribution is -0.114. The van der Waals surface area contributed by atoms with E-state index < -0.39 is 21.7 Å². The van der Waals surface area contributed by atoms with Gasteiger partial charge in [-0.2, -0.15) is 4.98 Å². The summed E-state index contributed by atoms with van der Waals surface area (Å²) in [7, 11) is -2.90. The van der Waals surface area contributed by atoms with Crippen molar-refractivity contribution in [2.45, 2.75) is 11.8 Å². The molecule has 0 aliphatic rings. The van der Waals surface area contributed by atoms with Crippen LogP contribution in [0.1, 0.15) is 17.3 Å². The van der Waals surface area contributed by atoms with Gasteiger partial charge in [-0.3, -0.25) is 19.6 Å². The Kier molecular flexibility index (Phi) is 6.09. The maximum atomic E-state index is 13.3. The van der Waals surface area contributed by atoms with Gasteiger partial charge in [-0.1, -0.05) is 0 Å². The first-order chi connectivity index (χ1) is 16.6. The van der Waals surface area contributed by atoms with E-state index in [1.54, 1.807) is 18.3 Å². The third-order valence-corrected chi connectivity index (χ3v) is 6.26. The van der Waals surface area contributed by atoms with E-state index >= 15 is 0 Å². The van der Waals surface area contributed by atoms with E-state index in [0.29, 0.717) is 16.8 Å². The molecule has 11 nitrogen and oxygen atoms in total. The molecule has 2 heterocycles. The van der Waals surface area contributed by atoms with Gasteiger partial charge in [0.25, 0.3) is 15.9 Å². The van der Waals surface area contributed by atoms with E-state index in [-0.39, 0.29) is 33.8 Å². The number of halogens is 1. The van der Waals surface area contributed by atoms with Crippen molar-refractivity contribution in [2.75, 3.05) is 17.1 Å². The number of nitrogens with one attached hydrogen (secondary N) is 2. The highest BCUT2D eigenvalue weighted by molar-refractivity contribution is 7.92. The Morgan fingerprint density at radius 3 is 2.43 bits per heavy atom. The second-order valence-corrected chi connectivity index (χ2v) is 9.05. The molecule has 0 bridgehead atoms. The van der Waals surface area contributed by atoms with Crippen LogP contribution >= 0.6 is 0 Å². The number of pyridine rings is 1. The van der Waals surface area contributed by atoms with Crippen molar-refractivity contribution in [3.8, 4) is 16.9 Å². The molecule has 0 saturated carbocycles. The van der Waals surface area contributed by atoms with Crippen molar-refractivity contribution in [1.82, 2.24) is 14.6 Å². The number of methoxy groups -OCH3 is 1. The summed E-state index contributed by atoms with van der Waals surface area (Å²) in [6.45, 7) is 1.33. The van der Waals surface area contributed by atoms with Crippen LogP contribution in [-0.2, 0) is 14.8 Å². The van der Waals surface area contributed by atoms with Gasteiger partial charge in [0.2, 0.25) is 11.9 Å². The summed E-state index contributed by atoms with van der Waals surface area (Å²) in [6, 6.07) is 10.4. The molecule has 2 aromatic heterocycles. The Bertz CT molecular complexity index is 1570. The summed E-state index contributed by atoms with van der Waals surface area (Å²) in [5.74, 6) is -1.75. The molecule has 4 rings (SSSR count). The fourth-order valence-corrected chi connectivity index (χ4v) is 4.41. The number of anilines is 2. The number of amides is 2. The molecular weight excluding hydrogens is 479 g/mol. The van der Waals surface area contributed by atoms with Crippen LogP contribution in [-0.4, -0.2) is 41.9 Å². The van der Waals surface area contributed by atoms with E-state index in [1.165, 1.54) is 30.7 Å². The molecule has 0 spiro atoms. The number of aromatic nitrogens is 3. The number of carbonyl (C=O) groups is 2. The van der Waals surface area contributed by atoms with Gasteiger partial charge in [0.1, 0.15) is 5.82 Å². The molecule has 0 aliphatic carbocycles. The first-order valence-electron chi connectivity index (χ1n) is 10.0. The molecule has 0 fully saturated rings. The van der Waals surface area contributed by atoms with Gasteiger partial charge in [0.05, 0.1) is 23.3 Å². The van der Waals surface area contributed by atoms with E-state index in [2.05, 4.69) is 20.1 Å². The van der Waals surface area contributed by atoms with E-state index in [4.69, 9.17) is 10.5 Å². The van der Waals surface area contributed by atoms with Crippen LogP contribution in [0.15, 0.2) is 59.6 Å². The summed E-state index contributed by atoms with van der Waals surface area (Å²) in [5, 5.41) is 6.66. The fraction of sp³-hybridized carbons (Fsp3) is 0.0909. The average molecular weight is 498 g/mol. The lowest BCUT2D eigenvalue weighted by atomic mass is 10.0. The zero-order valence-electron chi connectivity index (χ0n) is 18.4. The van der Waals surface area contributed by atoms with Crippen LogP contribution < -0.4 is 20.5 Å². The largest absolute Gasteiger partial charge is 0.494 e. The zero-order chi connectivity index (χ0) is 25.3. The quantitative estimate of drug-likeness (QED) is 0.353. The molecule has 0 radical (unpaired) electrons. The van der Waals surface area contributed by atoms with Crippen LogP contribution in [0.4, 0.5) is 16.0 Å². The molecule has 2 aromatic carbocycles. The maximum Gasteiger partial charge on any atom is 0.262 e. The first-order valence-corrected chi connectivity index (χ1v) is 11.5. The minimum Gasteiger partial charge on any atom is -0.494 e. The summed E-state index contributed by atoms with van der Waals surface area (Å²) in [6.07, 6.45) is 1.58. The van der Waals surface area contributed by atoms with Gasteiger partial charge in [-0.15, -0.1) is 5.10 Å². The number of sulfonamides is 1. The van der Waals surface area contributed by atoms with Crippen molar-refractivity contribution in [3.05, 3.63) is 66.1 Å². The predicted octanol–water partition coefficient (Wildman–Crippen LogP) is 2.40. The highest BCUT2D eigenvalue weighted by Crippen LogP contribution is 2.36. The number of nitrogens with zero attached hydrogens (tertiary/aromatic N) is 3. The molecule has 4 N–H and O–H groups in total. The predicted molar refractivity (Wildman–Crippen MR) is 125 cm³/mol. The molecule has 180 valence electrons. The van der Waals surface area contributed by atoms with Gasteiger partial charge in [-0.25, -0.2) is 17.3 Å². The zero-order valence-corrected chi connectivity index (χ0v) is 19.3. The minimum absolute atomic E-state index is 0.0549. The molecule has 0 aliphatic heterocycles. The summed E-state index contributed by atoms with van der Waals surface area (Å²) < 4.78 is 48.2. The summed E-state index contributed by atoms with van der Waals surface area (Å²) >= 11 is 0. The minimum atomic E-state index is -4.16. The number of hydrogen-bond donors (Lipinski definition) is 3. The average Bonchev–Trinajstić information content (AvgIpc) is 3.19. The SMILES string of the molecule is COc1c(NS(=O)(=O)c2ccc(F)cc2)cc(-c2ccc3nc(NC(C)=O)nn3c2)cc1C(N)=O. The molecular formula is C22H19FN6O5S. The Labute approximate surface area is 198 Å². The van der Waals surface area contributed by atoms with E-state index in [9.17, 15) is 22.4 Å². The second-order valence-electron chi connectivity index (χ2n) is 7.37. The number of primary amides is 1. The van der Waals surface area contributed by atoms with Crippen LogP contribution in [0.3, 0.4) is 0 Å². The number of rotatable bonds is 7. The van der Waals surface area contributed by atoms with Crippen molar-refractivity contribution < 1.29 is 27.1 Å². The van der Waals surface area contributed by atoms with Gasteiger partial charge in [-0.05, 0) is 54.1 Å². The molecule has 0 unspecified atom stereocenters. The van der Waals surface area contributed by atoms with Crippen LogP contribution in [0, 0.1) is 5.82 Å². The molecule has 0 atom stereocenters. The number of hydrogen-bond acceptors (Lipinski definition) is 7. The Hall–Kier alpha value is -4.52. The number of benzene rings is 2. The molecule has 2 amide bonds. The van der Waals surface area contributed by atoms with Crippen molar-refractivity contribution >= 4 is 39.1 Å². The monoisotopic (exact) mass is 498 g/mol. The third-order valence-electron chi connectivity index (χ3n) is 4.88. The maximum absolute atomic E-state index is 13.3. The molecule has 0 saturated heterocycles. The van der Waals surface area contributed by atoms with Gasteiger partial charge >= 0.3 is 0 Å². The van der Waals surface area contributed by atoms with Crippen LogP contribution in [0.5, 0.6) is 5.75 Å². The molecule has 4 aromatic rings. The molecule has 13 heteroatoms. The van der Waals surface area contributed by atoms with E-state index in [0.717, 1.165) is 24.3 Å². The highest BCUT2D eigenvalue weighted by atomic mass is 32.2. The molecule has 35 heavy (non-hydrogen) atoms. The Morgan fingerprint density at radius 2 is 1.80 bits per heavy atom. The summed E-state index contributed by atoms with van der Waals surface area (Å²) in [4.78, 5) is 27.4. The van der Waals surface area contributed by atoms with Crippen molar-refractivity contribution in [3.63, 3.8) is 0 Å². The third kappa shape index (κ3) is 4.89. The number of ether oxygens (including phenoxy) is 1. The fourth-order valence-electron chi connectivity index (χ4n) is 3.36. The second kappa shape index (κ2) is 9.02. The van der Waals surface area contributed by atoms with Crippen molar-refractivity contribution in [2.24, 2.45) is 5.73 Å².